The van der Waals surface area contributed by atoms with Crippen LogP contribution in [0.15, 0.2) is 53.4 Å². The molecule has 0 fully saturated rings. The second kappa shape index (κ2) is 11.4. The molecule has 0 aliphatic heterocycles. The van der Waals surface area contributed by atoms with E-state index in [2.05, 4.69) is 10.0 Å². The summed E-state index contributed by atoms with van der Waals surface area (Å²) in [6, 6.07) is 13.4. The molecule has 0 aliphatic carbocycles. The van der Waals surface area contributed by atoms with Crippen molar-refractivity contribution in [3.63, 3.8) is 0 Å². The van der Waals surface area contributed by atoms with Gasteiger partial charge >= 0.3 is 0 Å². The van der Waals surface area contributed by atoms with E-state index in [9.17, 15) is 13.2 Å². The van der Waals surface area contributed by atoms with Crippen molar-refractivity contribution in [2.24, 2.45) is 0 Å². The van der Waals surface area contributed by atoms with Gasteiger partial charge in [-0.15, -0.1) is 0 Å². The maximum absolute atomic E-state index is 12.1. The Hall–Kier alpha value is -2.62. The van der Waals surface area contributed by atoms with Crippen molar-refractivity contribution < 1.29 is 27.4 Å². The van der Waals surface area contributed by atoms with Gasteiger partial charge in [-0.05, 0) is 36.8 Å². The van der Waals surface area contributed by atoms with Crippen molar-refractivity contribution in [3.05, 3.63) is 54.1 Å². The lowest BCUT2D eigenvalue weighted by Crippen LogP contribution is -2.28. The highest BCUT2D eigenvalue weighted by Crippen LogP contribution is 2.26. The van der Waals surface area contributed by atoms with Gasteiger partial charge in [0, 0.05) is 20.2 Å². The lowest BCUT2D eigenvalue weighted by molar-refractivity contribution is -0.123. The zero-order valence-corrected chi connectivity index (χ0v) is 17.3. The summed E-state index contributed by atoms with van der Waals surface area (Å²) in [5.41, 5.74) is 0.768. The predicted molar refractivity (Wildman–Crippen MR) is 108 cm³/mol. The molecule has 0 bridgehead atoms. The van der Waals surface area contributed by atoms with Crippen LogP contribution >= 0.6 is 0 Å². The van der Waals surface area contributed by atoms with Crippen molar-refractivity contribution >= 4 is 15.9 Å². The maximum Gasteiger partial charge on any atom is 0.258 e. The third-order valence-electron chi connectivity index (χ3n) is 3.83. The molecular formula is C20H26N2O6S. The summed E-state index contributed by atoms with van der Waals surface area (Å²) in [6.07, 6.45) is 0. The van der Waals surface area contributed by atoms with Crippen LogP contribution in [0.4, 0.5) is 0 Å². The molecule has 1 amide bonds. The lowest BCUT2D eigenvalue weighted by atomic mass is 10.2. The number of carbonyl (C=O) groups excluding carboxylic acids is 1. The monoisotopic (exact) mass is 422 g/mol. The standard InChI is InChI=1S/C20H26N2O6S/c1-3-27-18-6-4-5-7-19(18)28-15-20(23)21-14-16-8-10-17(11-9-16)29(24,25)22-12-13-26-2/h4-11,22H,3,12-15H2,1-2H3,(H,21,23). The molecular weight excluding hydrogens is 396 g/mol. The summed E-state index contributed by atoms with van der Waals surface area (Å²) in [4.78, 5) is 12.2. The van der Waals surface area contributed by atoms with E-state index in [0.29, 0.717) is 24.7 Å². The molecule has 9 heteroatoms. The second-order valence-corrected chi connectivity index (χ2v) is 7.75. The van der Waals surface area contributed by atoms with Crippen LogP contribution in [-0.2, 0) is 26.1 Å². The molecule has 0 spiro atoms. The summed E-state index contributed by atoms with van der Waals surface area (Å²) < 4.78 is 42.5. The third-order valence-corrected chi connectivity index (χ3v) is 5.31. The topological polar surface area (TPSA) is 103 Å². The van der Waals surface area contributed by atoms with Crippen LogP contribution in [0.1, 0.15) is 12.5 Å². The minimum Gasteiger partial charge on any atom is -0.490 e. The van der Waals surface area contributed by atoms with E-state index in [1.807, 2.05) is 13.0 Å². The van der Waals surface area contributed by atoms with Gasteiger partial charge < -0.3 is 19.5 Å². The van der Waals surface area contributed by atoms with E-state index in [-0.39, 0.29) is 30.5 Å². The quantitative estimate of drug-likeness (QED) is 0.505. The summed E-state index contributed by atoms with van der Waals surface area (Å²) in [5, 5.41) is 2.73. The van der Waals surface area contributed by atoms with Gasteiger partial charge in [0.15, 0.2) is 18.1 Å². The van der Waals surface area contributed by atoms with Crippen molar-refractivity contribution in [3.8, 4) is 11.5 Å². The van der Waals surface area contributed by atoms with Crippen LogP contribution in [0.5, 0.6) is 11.5 Å². The summed E-state index contributed by atoms with van der Waals surface area (Å²) in [7, 11) is -2.08. The van der Waals surface area contributed by atoms with E-state index in [4.69, 9.17) is 14.2 Å². The largest absolute Gasteiger partial charge is 0.490 e. The van der Waals surface area contributed by atoms with Gasteiger partial charge in [0.05, 0.1) is 18.1 Å². The SMILES string of the molecule is CCOc1ccccc1OCC(=O)NCc1ccc(S(=O)(=O)NCCOC)cc1. The van der Waals surface area contributed by atoms with Gasteiger partial charge in [-0.3, -0.25) is 4.79 Å². The number of methoxy groups -OCH3 is 1. The zero-order chi connectivity index (χ0) is 21.1. The van der Waals surface area contributed by atoms with Gasteiger partial charge in [-0.25, -0.2) is 13.1 Å². The molecule has 29 heavy (non-hydrogen) atoms. The van der Waals surface area contributed by atoms with Gasteiger partial charge in [-0.2, -0.15) is 0 Å². The molecule has 2 rings (SSSR count). The summed E-state index contributed by atoms with van der Waals surface area (Å²) in [6.45, 7) is 2.96. The number of amides is 1. The van der Waals surface area contributed by atoms with Crippen LogP contribution in [0.3, 0.4) is 0 Å². The van der Waals surface area contributed by atoms with E-state index in [1.165, 1.54) is 19.2 Å². The molecule has 0 atom stereocenters. The molecule has 2 aromatic rings. The van der Waals surface area contributed by atoms with Gasteiger partial charge in [0.2, 0.25) is 10.0 Å². The van der Waals surface area contributed by atoms with E-state index < -0.39 is 10.0 Å². The average Bonchev–Trinajstić information content (AvgIpc) is 2.72. The van der Waals surface area contributed by atoms with Crippen LogP contribution < -0.4 is 19.5 Å². The Morgan fingerprint density at radius 2 is 1.66 bits per heavy atom. The Labute approximate surface area is 171 Å². The minimum atomic E-state index is -3.58. The Morgan fingerprint density at radius 3 is 2.28 bits per heavy atom. The van der Waals surface area contributed by atoms with E-state index in [1.54, 1.807) is 30.3 Å². The first-order chi connectivity index (χ1) is 14.0. The highest BCUT2D eigenvalue weighted by atomic mass is 32.2. The minimum absolute atomic E-state index is 0.152. The predicted octanol–water partition coefficient (Wildman–Crippen LogP) is 1.71. The van der Waals surface area contributed by atoms with Crippen molar-refractivity contribution in [2.75, 3.05) is 33.5 Å². The van der Waals surface area contributed by atoms with Crippen LogP contribution in [-0.4, -0.2) is 47.8 Å². The van der Waals surface area contributed by atoms with E-state index in [0.717, 1.165) is 5.56 Å². The molecule has 158 valence electrons. The van der Waals surface area contributed by atoms with Crippen LogP contribution in [0.25, 0.3) is 0 Å². The van der Waals surface area contributed by atoms with Crippen LogP contribution in [0, 0.1) is 0 Å². The fraction of sp³-hybridized carbons (Fsp3) is 0.350. The molecule has 0 saturated heterocycles. The fourth-order valence-corrected chi connectivity index (χ4v) is 3.40. The fourth-order valence-electron chi connectivity index (χ4n) is 2.39. The number of ether oxygens (including phenoxy) is 3. The number of carbonyl (C=O) groups is 1. The molecule has 0 heterocycles. The Kier molecular flexibility index (Phi) is 8.91. The number of nitrogens with one attached hydrogen (secondary N) is 2. The molecule has 0 aromatic heterocycles. The molecule has 0 saturated carbocycles. The van der Waals surface area contributed by atoms with Crippen molar-refractivity contribution in [1.29, 1.82) is 0 Å². The zero-order valence-electron chi connectivity index (χ0n) is 16.5. The average molecular weight is 423 g/mol. The highest BCUT2D eigenvalue weighted by Gasteiger charge is 2.13. The summed E-state index contributed by atoms with van der Waals surface area (Å²) in [5.74, 6) is 0.785. The molecule has 8 nitrogen and oxygen atoms in total. The first-order valence-corrected chi connectivity index (χ1v) is 10.6. The van der Waals surface area contributed by atoms with E-state index >= 15 is 0 Å². The second-order valence-electron chi connectivity index (χ2n) is 5.98. The van der Waals surface area contributed by atoms with Crippen molar-refractivity contribution in [2.45, 2.75) is 18.4 Å². The Bertz CT molecular complexity index is 884. The molecule has 2 aromatic carbocycles. The van der Waals surface area contributed by atoms with Crippen LogP contribution in [0.2, 0.25) is 0 Å². The first-order valence-electron chi connectivity index (χ1n) is 9.15. The summed E-state index contributed by atoms with van der Waals surface area (Å²) >= 11 is 0. The molecule has 0 radical (unpaired) electrons. The van der Waals surface area contributed by atoms with Crippen molar-refractivity contribution in [1.82, 2.24) is 10.0 Å². The lowest BCUT2D eigenvalue weighted by Gasteiger charge is -2.12. The number of rotatable bonds is 12. The smallest absolute Gasteiger partial charge is 0.258 e. The van der Waals surface area contributed by atoms with Gasteiger partial charge in [-0.1, -0.05) is 24.3 Å². The Morgan fingerprint density at radius 1 is 1.00 bits per heavy atom. The molecule has 2 N–H and O–H groups in total. The normalized spacial score (nSPS) is 11.1. The number of para-hydroxylation sites is 2. The number of hydrogen-bond donors (Lipinski definition) is 2. The molecule has 0 aliphatic rings. The number of benzene rings is 2. The van der Waals surface area contributed by atoms with Gasteiger partial charge in [0.25, 0.3) is 5.91 Å². The molecule has 0 unspecified atom stereocenters. The number of hydrogen-bond acceptors (Lipinski definition) is 6. The van der Waals surface area contributed by atoms with Gasteiger partial charge in [0.1, 0.15) is 0 Å². The maximum atomic E-state index is 12.1. The highest BCUT2D eigenvalue weighted by molar-refractivity contribution is 7.89. The third kappa shape index (κ3) is 7.37. The number of sulfonamides is 1. The Balaban J connectivity index is 1.83. The first kappa shape index (κ1) is 22.7.